The molecule has 1 atom stereocenters. The van der Waals surface area contributed by atoms with E-state index < -0.39 is 0 Å². The quantitative estimate of drug-likeness (QED) is 0.823. The van der Waals surface area contributed by atoms with Crippen molar-refractivity contribution in [3.8, 4) is 0 Å². The van der Waals surface area contributed by atoms with Crippen LogP contribution in [0.15, 0.2) is 23.6 Å². The molecule has 0 aliphatic rings. The van der Waals surface area contributed by atoms with E-state index in [2.05, 4.69) is 17.0 Å². The molecule has 4 nitrogen and oxygen atoms in total. The van der Waals surface area contributed by atoms with Crippen molar-refractivity contribution in [2.45, 2.75) is 33.4 Å². The van der Waals surface area contributed by atoms with E-state index in [0.717, 1.165) is 0 Å². The zero-order chi connectivity index (χ0) is 13.0. The molecule has 17 heavy (non-hydrogen) atoms. The highest BCUT2D eigenvalue weighted by atomic mass is 35.5. The van der Waals surface area contributed by atoms with Crippen LogP contribution in [0.4, 0.5) is 5.69 Å². The zero-order valence-corrected chi connectivity index (χ0v) is 11.2. The molecule has 0 aliphatic carbocycles. The number of aromatic nitrogens is 2. The number of hydrogen-bond donors (Lipinski definition) is 1. The summed E-state index contributed by atoms with van der Waals surface area (Å²) in [6.07, 6.45) is 3.31. The van der Waals surface area contributed by atoms with Crippen LogP contribution in [0, 0.1) is 5.92 Å². The van der Waals surface area contributed by atoms with Gasteiger partial charge >= 0.3 is 0 Å². The van der Waals surface area contributed by atoms with Gasteiger partial charge in [0, 0.05) is 12.6 Å². The molecule has 0 aromatic carbocycles. The normalized spacial score (nSPS) is 12.5. The van der Waals surface area contributed by atoms with Crippen molar-refractivity contribution in [2.75, 3.05) is 5.32 Å². The lowest BCUT2D eigenvalue weighted by Gasteiger charge is -2.13. The molecule has 1 aromatic heterocycles. The monoisotopic (exact) mass is 255 g/mol. The van der Waals surface area contributed by atoms with Crippen molar-refractivity contribution in [3.05, 3.63) is 34.2 Å². The molecule has 1 rings (SSSR count). The van der Waals surface area contributed by atoms with E-state index in [-0.39, 0.29) is 16.6 Å². The highest BCUT2D eigenvalue weighted by Crippen LogP contribution is 2.16. The zero-order valence-electron chi connectivity index (χ0n) is 10.4. The van der Waals surface area contributed by atoms with Gasteiger partial charge in [0.1, 0.15) is 5.02 Å². The Morgan fingerprint density at radius 1 is 1.59 bits per heavy atom. The Morgan fingerprint density at radius 3 is 2.76 bits per heavy atom. The van der Waals surface area contributed by atoms with Gasteiger partial charge in [0.15, 0.2) is 0 Å². The van der Waals surface area contributed by atoms with E-state index in [9.17, 15) is 4.79 Å². The minimum Gasteiger partial charge on any atom is -0.376 e. The number of rotatable bonds is 5. The van der Waals surface area contributed by atoms with Crippen LogP contribution in [-0.2, 0) is 6.54 Å². The highest BCUT2D eigenvalue weighted by Gasteiger charge is 2.10. The predicted octanol–water partition coefficient (Wildman–Crippen LogP) is 2.54. The van der Waals surface area contributed by atoms with Gasteiger partial charge in [-0.2, -0.15) is 5.10 Å². The second kappa shape index (κ2) is 5.87. The van der Waals surface area contributed by atoms with Crippen LogP contribution in [0.5, 0.6) is 0 Å². The predicted molar refractivity (Wildman–Crippen MR) is 71.6 cm³/mol. The van der Waals surface area contributed by atoms with Crippen LogP contribution in [0.2, 0.25) is 5.02 Å². The van der Waals surface area contributed by atoms with Crippen LogP contribution >= 0.6 is 11.6 Å². The highest BCUT2D eigenvalue weighted by molar-refractivity contribution is 6.32. The van der Waals surface area contributed by atoms with Crippen molar-refractivity contribution < 1.29 is 0 Å². The van der Waals surface area contributed by atoms with Crippen molar-refractivity contribution >= 4 is 17.3 Å². The van der Waals surface area contributed by atoms with E-state index >= 15 is 0 Å². The SMILES string of the molecule is C=CC(C)Nc1cnn(CC(C)C)c(=O)c1Cl. The van der Waals surface area contributed by atoms with Crippen molar-refractivity contribution in [3.63, 3.8) is 0 Å². The average Bonchev–Trinajstić information content (AvgIpc) is 2.28. The first-order valence-electron chi connectivity index (χ1n) is 5.60. The number of anilines is 1. The number of hydrogen-bond acceptors (Lipinski definition) is 3. The van der Waals surface area contributed by atoms with Crippen molar-refractivity contribution in [2.24, 2.45) is 5.92 Å². The minimum absolute atomic E-state index is 0.0367. The summed E-state index contributed by atoms with van der Waals surface area (Å²) in [5, 5.41) is 7.32. The molecule has 0 saturated heterocycles. The molecule has 1 unspecified atom stereocenters. The molecular formula is C12H18ClN3O. The second-order valence-corrected chi connectivity index (χ2v) is 4.80. The lowest BCUT2D eigenvalue weighted by molar-refractivity contribution is 0.464. The van der Waals surface area contributed by atoms with Gasteiger partial charge < -0.3 is 5.32 Å². The first-order valence-corrected chi connectivity index (χ1v) is 5.98. The topological polar surface area (TPSA) is 46.9 Å². The van der Waals surface area contributed by atoms with Gasteiger partial charge in [-0.25, -0.2) is 4.68 Å². The minimum atomic E-state index is -0.262. The van der Waals surface area contributed by atoms with Gasteiger partial charge in [0.25, 0.3) is 5.56 Å². The third-order valence-corrected chi connectivity index (χ3v) is 2.62. The molecule has 0 saturated carbocycles. The Bertz CT molecular complexity index is 454. The third kappa shape index (κ3) is 3.60. The molecule has 0 fully saturated rings. The Balaban J connectivity index is 3.02. The molecule has 1 aromatic rings. The fraction of sp³-hybridized carbons (Fsp3) is 0.500. The van der Waals surface area contributed by atoms with Gasteiger partial charge in [-0.3, -0.25) is 4.79 Å². The summed E-state index contributed by atoms with van der Waals surface area (Å²) in [4.78, 5) is 11.9. The molecule has 0 amide bonds. The molecule has 5 heteroatoms. The Kier molecular flexibility index (Phi) is 4.75. The van der Waals surface area contributed by atoms with Gasteiger partial charge in [0.05, 0.1) is 11.9 Å². The van der Waals surface area contributed by atoms with E-state index in [4.69, 9.17) is 11.6 Å². The molecule has 1 heterocycles. The smallest absolute Gasteiger partial charge is 0.287 e. The van der Waals surface area contributed by atoms with E-state index in [1.807, 2.05) is 20.8 Å². The molecule has 1 N–H and O–H groups in total. The first-order chi connectivity index (χ1) is 7.95. The molecule has 0 radical (unpaired) electrons. The van der Waals surface area contributed by atoms with Crippen LogP contribution in [0.3, 0.4) is 0 Å². The summed E-state index contributed by atoms with van der Waals surface area (Å²) in [5.41, 5.74) is 0.283. The van der Waals surface area contributed by atoms with E-state index in [1.54, 1.807) is 12.3 Å². The van der Waals surface area contributed by atoms with Gasteiger partial charge in [-0.1, -0.05) is 31.5 Å². The lowest BCUT2D eigenvalue weighted by atomic mass is 10.2. The molecule has 0 bridgehead atoms. The summed E-state index contributed by atoms with van der Waals surface area (Å²) < 4.78 is 1.39. The maximum absolute atomic E-state index is 11.9. The van der Waals surface area contributed by atoms with Crippen LogP contribution < -0.4 is 10.9 Å². The van der Waals surface area contributed by atoms with Gasteiger partial charge in [-0.15, -0.1) is 6.58 Å². The number of nitrogens with one attached hydrogen (secondary N) is 1. The van der Waals surface area contributed by atoms with Crippen molar-refractivity contribution in [1.29, 1.82) is 0 Å². The van der Waals surface area contributed by atoms with Crippen LogP contribution in [0.25, 0.3) is 0 Å². The lowest BCUT2D eigenvalue weighted by Crippen LogP contribution is -2.27. The Hall–Kier alpha value is -1.29. The van der Waals surface area contributed by atoms with E-state index in [0.29, 0.717) is 18.2 Å². The molecule has 0 spiro atoms. The molecule has 94 valence electrons. The maximum atomic E-state index is 11.9. The fourth-order valence-corrected chi connectivity index (χ4v) is 1.55. The summed E-state index contributed by atoms with van der Waals surface area (Å²) in [5.74, 6) is 0.349. The fourth-order valence-electron chi connectivity index (χ4n) is 1.35. The molecular weight excluding hydrogens is 238 g/mol. The summed E-state index contributed by atoms with van der Waals surface area (Å²) in [6.45, 7) is 10.2. The maximum Gasteiger partial charge on any atom is 0.287 e. The summed E-state index contributed by atoms with van der Waals surface area (Å²) in [6, 6.07) is 0.0367. The van der Waals surface area contributed by atoms with Crippen LogP contribution in [0.1, 0.15) is 20.8 Å². The van der Waals surface area contributed by atoms with Gasteiger partial charge in [-0.05, 0) is 12.8 Å². The second-order valence-electron chi connectivity index (χ2n) is 4.42. The summed E-state index contributed by atoms with van der Waals surface area (Å²) in [7, 11) is 0. The third-order valence-electron chi connectivity index (χ3n) is 2.26. The number of halogens is 1. The number of nitrogens with zero attached hydrogens (tertiary/aromatic N) is 2. The largest absolute Gasteiger partial charge is 0.376 e. The average molecular weight is 256 g/mol. The first kappa shape index (κ1) is 13.8. The molecule has 0 aliphatic heterocycles. The van der Waals surface area contributed by atoms with Crippen LogP contribution in [-0.4, -0.2) is 15.8 Å². The standard InChI is InChI=1S/C12H18ClN3O/c1-5-9(4)15-10-6-14-16(7-8(2)3)12(17)11(10)13/h5-6,8-9,15H,1,7H2,2-4H3. The summed E-state index contributed by atoms with van der Waals surface area (Å²) >= 11 is 6.01. The Labute approximate surface area is 106 Å². The Morgan fingerprint density at radius 2 is 2.24 bits per heavy atom. The van der Waals surface area contributed by atoms with Crippen molar-refractivity contribution in [1.82, 2.24) is 9.78 Å². The van der Waals surface area contributed by atoms with E-state index in [1.165, 1.54) is 4.68 Å². The van der Waals surface area contributed by atoms with Gasteiger partial charge in [0.2, 0.25) is 0 Å².